The van der Waals surface area contributed by atoms with Crippen molar-refractivity contribution in [2.75, 3.05) is 0 Å². The number of hydrogen-bond acceptors (Lipinski definition) is 3. The third-order valence-corrected chi connectivity index (χ3v) is 3.84. The van der Waals surface area contributed by atoms with E-state index in [2.05, 4.69) is 45.7 Å². The van der Waals surface area contributed by atoms with Crippen LogP contribution < -0.4 is 0 Å². The summed E-state index contributed by atoms with van der Waals surface area (Å²) in [4.78, 5) is 9.18. The molecule has 0 spiro atoms. The van der Waals surface area contributed by atoms with Gasteiger partial charge in [-0.1, -0.05) is 24.3 Å². The van der Waals surface area contributed by atoms with E-state index in [1.54, 1.807) is 12.5 Å². The maximum absolute atomic E-state index is 5.55. The van der Waals surface area contributed by atoms with E-state index in [1.807, 2.05) is 24.3 Å². The number of nitrogens with zero attached hydrogens (tertiary/aromatic N) is 3. The summed E-state index contributed by atoms with van der Waals surface area (Å²) in [6.45, 7) is 2.84. The standard InChI is InChI=1S/C18H15N3O/c1-13-6-2-3-7-14(13)12-21-17-15(8-4-10-19-17)20-18(21)16-9-5-11-22-16/h2-11H,12H2,1H3. The molecule has 0 saturated carbocycles. The molecule has 108 valence electrons. The molecule has 3 aromatic heterocycles. The minimum absolute atomic E-state index is 0.718. The minimum atomic E-state index is 0.718. The van der Waals surface area contributed by atoms with Gasteiger partial charge in [0.1, 0.15) is 5.52 Å². The average molecular weight is 289 g/mol. The lowest BCUT2D eigenvalue weighted by molar-refractivity contribution is 0.572. The zero-order valence-corrected chi connectivity index (χ0v) is 12.2. The molecule has 4 rings (SSSR count). The van der Waals surface area contributed by atoms with Crippen molar-refractivity contribution < 1.29 is 4.42 Å². The number of hydrogen-bond donors (Lipinski definition) is 0. The van der Waals surface area contributed by atoms with Crippen LogP contribution in [0.15, 0.2) is 65.4 Å². The van der Waals surface area contributed by atoms with Crippen LogP contribution in [0.2, 0.25) is 0 Å². The number of imidazole rings is 1. The molecule has 0 N–H and O–H groups in total. The van der Waals surface area contributed by atoms with Crippen molar-refractivity contribution in [1.82, 2.24) is 14.5 Å². The summed E-state index contributed by atoms with van der Waals surface area (Å²) in [7, 11) is 0. The molecule has 0 unspecified atom stereocenters. The molecule has 0 atom stereocenters. The summed E-state index contributed by atoms with van der Waals surface area (Å²) in [5.41, 5.74) is 4.26. The maximum atomic E-state index is 5.55. The predicted molar refractivity (Wildman–Crippen MR) is 85.5 cm³/mol. The van der Waals surface area contributed by atoms with Gasteiger partial charge >= 0.3 is 0 Å². The Bertz CT molecular complexity index is 923. The molecule has 22 heavy (non-hydrogen) atoms. The first-order valence-corrected chi connectivity index (χ1v) is 7.22. The Hall–Kier alpha value is -2.88. The van der Waals surface area contributed by atoms with E-state index < -0.39 is 0 Å². The third-order valence-electron chi connectivity index (χ3n) is 3.84. The number of fused-ring (bicyclic) bond motifs is 1. The van der Waals surface area contributed by atoms with Crippen LogP contribution in [0.3, 0.4) is 0 Å². The van der Waals surface area contributed by atoms with E-state index in [0.717, 1.165) is 29.3 Å². The molecule has 0 aliphatic carbocycles. The zero-order valence-electron chi connectivity index (χ0n) is 12.2. The molecule has 0 radical (unpaired) electrons. The number of furan rings is 1. The Labute approximate surface area is 128 Å². The van der Waals surface area contributed by atoms with Gasteiger partial charge in [0.15, 0.2) is 17.2 Å². The van der Waals surface area contributed by atoms with E-state index in [1.165, 1.54) is 11.1 Å². The molecule has 0 saturated heterocycles. The van der Waals surface area contributed by atoms with Gasteiger partial charge in [0.2, 0.25) is 0 Å². The first-order chi connectivity index (χ1) is 10.8. The molecule has 0 bridgehead atoms. The molecule has 3 heterocycles. The molecule has 1 aromatic carbocycles. The fourth-order valence-corrected chi connectivity index (χ4v) is 2.66. The van der Waals surface area contributed by atoms with Gasteiger partial charge in [-0.2, -0.15) is 0 Å². The number of aromatic nitrogens is 3. The van der Waals surface area contributed by atoms with Crippen LogP contribution in [0, 0.1) is 6.92 Å². The summed E-state index contributed by atoms with van der Waals surface area (Å²) in [5, 5.41) is 0. The van der Waals surface area contributed by atoms with E-state index in [0.29, 0.717) is 0 Å². The largest absolute Gasteiger partial charge is 0.461 e. The van der Waals surface area contributed by atoms with Gasteiger partial charge in [0.05, 0.1) is 12.8 Å². The van der Waals surface area contributed by atoms with Crippen molar-refractivity contribution in [2.45, 2.75) is 13.5 Å². The minimum Gasteiger partial charge on any atom is -0.461 e. The highest BCUT2D eigenvalue weighted by molar-refractivity contribution is 5.76. The zero-order chi connectivity index (χ0) is 14.9. The molecular formula is C18H15N3O. The second-order valence-electron chi connectivity index (χ2n) is 5.27. The summed E-state index contributed by atoms with van der Waals surface area (Å²) >= 11 is 0. The molecule has 0 amide bonds. The number of aryl methyl sites for hydroxylation is 1. The van der Waals surface area contributed by atoms with Crippen LogP contribution in [0.4, 0.5) is 0 Å². The first kappa shape index (κ1) is 12.8. The van der Waals surface area contributed by atoms with Gasteiger partial charge in [-0.25, -0.2) is 9.97 Å². The van der Waals surface area contributed by atoms with Gasteiger partial charge in [0.25, 0.3) is 0 Å². The van der Waals surface area contributed by atoms with E-state index >= 15 is 0 Å². The molecule has 0 fully saturated rings. The normalized spacial score (nSPS) is 11.1. The summed E-state index contributed by atoms with van der Waals surface area (Å²) in [6, 6.07) is 16.0. The van der Waals surface area contributed by atoms with E-state index in [-0.39, 0.29) is 0 Å². The Kier molecular flexibility index (Phi) is 3.00. The molecule has 4 nitrogen and oxygen atoms in total. The Morgan fingerprint density at radius 1 is 1.05 bits per heavy atom. The van der Waals surface area contributed by atoms with Crippen LogP contribution in [-0.2, 0) is 6.54 Å². The Balaban J connectivity index is 1.91. The van der Waals surface area contributed by atoms with Crippen LogP contribution in [0.1, 0.15) is 11.1 Å². The molecule has 4 aromatic rings. The maximum Gasteiger partial charge on any atom is 0.178 e. The highest BCUT2D eigenvalue weighted by Crippen LogP contribution is 2.25. The van der Waals surface area contributed by atoms with Crippen molar-refractivity contribution in [1.29, 1.82) is 0 Å². The van der Waals surface area contributed by atoms with E-state index in [4.69, 9.17) is 4.42 Å². The second kappa shape index (κ2) is 5.15. The lowest BCUT2D eigenvalue weighted by Crippen LogP contribution is -2.04. The lowest BCUT2D eigenvalue weighted by Gasteiger charge is -2.09. The third kappa shape index (κ3) is 2.09. The monoisotopic (exact) mass is 289 g/mol. The number of pyridine rings is 1. The first-order valence-electron chi connectivity index (χ1n) is 7.22. The van der Waals surface area contributed by atoms with Crippen LogP contribution in [-0.4, -0.2) is 14.5 Å². The summed E-state index contributed by atoms with van der Waals surface area (Å²) in [5.74, 6) is 1.56. The topological polar surface area (TPSA) is 43.9 Å². The smallest absolute Gasteiger partial charge is 0.178 e. The lowest BCUT2D eigenvalue weighted by atomic mass is 10.1. The second-order valence-corrected chi connectivity index (χ2v) is 5.27. The van der Waals surface area contributed by atoms with Gasteiger partial charge in [0, 0.05) is 6.20 Å². The predicted octanol–water partition coefficient (Wildman–Crippen LogP) is 4.05. The average Bonchev–Trinajstić information content (AvgIpc) is 3.17. The molecule has 0 aliphatic heterocycles. The SMILES string of the molecule is Cc1ccccc1Cn1c(-c2ccco2)nc2cccnc21. The molecule has 0 aliphatic rings. The molecular weight excluding hydrogens is 274 g/mol. The Morgan fingerprint density at radius 3 is 2.77 bits per heavy atom. The summed E-state index contributed by atoms with van der Waals surface area (Å²) in [6.07, 6.45) is 3.46. The van der Waals surface area contributed by atoms with Gasteiger partial charge in [-0.15, -0.1) is 0 Å². The Morgan fingerprint density at radius 2 is 1.95 bits per heavy atom. The number of benzene rings is 1. The van der Waals surface area contributed by atoms with Gasteiger partial charge < -0.3 is 8.98 Å². The fourth-order valence-electron chi connectivity index (χ4n) is 2.66. The van der Waals surface area contributed by atoms with Crippen LogP contribution >= 0.6 is 0 Å². The van der Waals surface area contributed by atoms with Crippen LogP contribution in [0.25, 0.3) is 22.7 Å². The highest BCUT2D eigenvalue weighted by atomic mass is 16.3. The van der Waals surface area contributed by atoms with Gasteiger partial charge in [-0.3, -0.25) is 0 Å². The summed E-state index contributed by atoms with van der Waals surface area (Å²) < 4.78 is 7.65. The van der Waals surface area contributed by atoms with Gasteiger partial charge in [-0.05, 0) is 42.3 Å². The highest BCUT2D eigenvalue weighted by Gasteiger charge is 2.16. The number of rotatable bonds is 3. The van der Waals surface area contributed by atoms with Crippen molar-refractivity contribution >= 4 is 11.2 Å². The van der Waals surface area contributed by atoms with Crippen LogP contribution in [0.5, 0.6) is 0 Å². The van der Waals surface area contributed by atoms with Crippen molar-refractivity contribution in [2.24, 2.45) is 0 Å². The van der Waals surface area contributed by atoms with Crippen molar-refractivity contribution in [3.05, 3.63) is 72.1 Å². The van der Waals surface area contributed by atoms with E-state index in [9.17, 15) is 0 Å². The molecule has 4 heteroatoms. The fraction of sp³-hybridized carbons (Fsp3) is 0.111. The quantitative estimate of drug-likeness (QED) is 0.571. The van der Waals surface area contributed by atoms with Crippen molar-refractivity contribution in [3.63, 3.8) is 0 Å². The van der Waals surface area contributed by atoms with Crippen molar-refractivity contribution in [3.8, 4) is 11.6 Å².